The van der Waals surface area contributed by atoms with Crippen molar-refractivity contribution in [1.29, 1.82) is 0 Å². The van der Waals surface area contributed by atoms with Crippen molar-refractivity contribution in [3.05, 3.63) is 18.7 Å². The van der Waals surface area contributed by atoms with Crippen LogP contribution in [0.3, 0.4) is 0 Å². The number of hydrogen-bond donors (Lipinski definition) is 1. The van der Waals surface area contributed by atoms with Crippen molar-refractivity contribution in [3.63, 3.8) is 0 Å². The molecule has 0 atom stereocenters. The summed E-state index contributed by atoms with van der Waals surface area (Å²) in [6, 6.07) is 0. The molecule has 0 aliphatic rings. The molecule has 1 heterocycles. The first-order chi connectivity index (χ1) is 4.67. The summed E-state index contributed by atoms with van der Waals surface area (Å²) < 4.78 is 2.19. The Balaban J connectivity index is 2.85. The lowest BCUT2D eigenvalue weighted by atomic mass is 10.0. The number of H-pyrrole nitrogens is 1. The van der Waals surface area contributed by atoms with Crippen LogP contribution in [0.5, 0.6) is 0 Å². The van der Waals surface area contributed by atoms with Crippen LogP contribution in [0.2, 0.25) is 0 Å². The second kappa shape index (κ2) is 2.45. The summed E-state index contributed by atoms with van der Waals surface area (Å²) in [5.74, 6) is 0. The third-order valence-electron chi connectivity index (χ3n) is 2.11. The van der Waals surface area contributed by atoms with E-state index in [1.54, 1.807) is 0 Å². The van der Waals surface area contributed by atoms with E-state index in [4.69, 9.17) is 0 Å². The van der Waals surface area contributed by atoms with Gasteiger partial charge in [0, 0.05) is 0 Å². The summed E-state index contributed by atoms with van der Waals surface area (Å²) >= 11 is 0. The van der Waals surface area contributed by atoms with Crippen LogP contribution in [0.4, 0.5) is 0 Å². The smallest absolute Gasteiger partial charge is 0.241 e. The van der Waals surface area contributed by atoms with Gasteiger partial charge in [0.05, 0.1) is 0 Å². The molecule has 0 bridgehead atoms. The largest absolute Gasteiger partial charge is 0.250 e. The standard InChI is InChI=1S/C8H14N2/c1-4-8(2,3)10-6-5-9-7-10/h5-7H,4H2,1-3H3/p+1. The highest BCUT2D eigenvalue weighted by molar-refractivity contribution is 4.63. The molecule has 0 saturated carbocycles. The van der Waals surface area contributed by atoms with Crippen LogP contribution in [0.25, 0.3) is 0 Å². The number of aromatic nitrogens is 2. The maximum atomic E-state index is 3.03. The summed E-state index contributed by atoms with van der Waals surface area (Å²) in [5.41, 5.74) is 0.250. The number of hydrogen-bond acceptors (Lipinski definition) is 0. The zero-order chi connectivity index (χ0) is 7.61. The molecule has 0 saturated heterocycles. The molecule has 2 nitrogen and oxygen atoms in total. The molecule has 0 amide bonds. The second-order valence-corrected chi connectivity index (χ2v) is 3.18. The van der Waals surface area contributed by atoms with E-state index in [0.29, 0.717) is 0 Å². The Kier molecular flexibility index (Phi) is 1.79. The van der Waals surface area contributed by atoms with E-state index in [2.05, 4.69) is 36.5 Å². The van der Waals surface area contributed by atoms with Gasteiger partial charge < -0.3 is 0 Å². The average Bonchev–Trinajstić information content (AvgIpc) is 2.38. The molecule has 0 aromatic carbocycles. The van der Waals surface area contributed by atoms with Crippen molar-refractivity contribution >= 4 is 0 Å². The monoisotopic (exact) mass is 139 g/mol. The topological polar surface area (TPSA) is 19.7 Å². The van der Waals surface area contributed by atoms with Crippen molar-refractivity contribution < 1.29 is 4.57 Å². The minimum absolute atomic E-state index is 0.250. The summed E-state index contributed by atoms with van der Waals surface area (Å²) in [7, 11) is 0. The summed E-state index contributed by atoms with van der Waals surface area (Å²) in [6.07, 6.45) is 7.14. The van der Waals surface area contributed by atoms with Gasteiger partial charge in [-0.3, -0.25) is 4.98 Å². The van der Waals surface area contributed by atoms with E-state index in [9.17, 15) is 0 Å². The van der Waals surface area contributed by atoms with Gasteiger partial charge in [-0.2, -0.15) is 0 Å². The van der Waals surface area contributed by atoms with Crippen molar-refractivity contribution in [2.24, 2.45) is 0 Å². The van der Waals surface area contributed by atoms with Crippen molar-refractivity contribution in [2.45, 2.75) is 32.7 Å². The Morgan fingerprint density at radius 3 is 2.60 bits per heavy atom. The SMILES string of the molecule is CCC(C)(C)[n+]1cc[nH]c1. The number of imidazole rings is 1. The van der Waals surface area contributed by atoms with Gasteiger partial charge in [-0.25, -0.2) is 4.57 Å². The Labute approximate surface area is 61.9 Å². The van der Waals surface area contributed by atoms with E-state index in [1.807, 2.05) is 12.5 Å². The van der Waals surface area contributed by atoms with Crippen molar-refractivity contribution in [1.82, 2.24) is 4.98 Å². The van der Waals surface area contributed by atoms with Gasteiger partial charge in [0.15, 0.2) is 0 Å². The van der Waals surface area contributed by atoms with Gasteiger partial charge in [-0.1, -0.05) is 6.92 Å². The number of rotatable bonds is 2. The van der Waals surface area contributed by atoms with Crippen molar-refractivity contribution in [3.8, 4) is 0 Å². The highest BCUT2D eigenvalue weighted by Gasteiger charge is 2.21. The van der Waals surface area contributed by atoms with Crippen LogP contribution >= 0.6 is 0 Å². The van der Waals surface area contributed by atoms with Gasteiger partial charge in [-0.15, -0.1) is 0 Å². The van der Waals surface area contributed by atoms with E-state index >= 15 is 0 Å². The Morgan fingerprint density at radius 2 is 2.20 bits per heavy atom. The number of nitrogens with one attached hydrogen (secondary N) is 1. The second-order valence-electron chi connectivity index (χ2n) is 3.18. The van der Waals surface area contributed by atoms with E-state index in [1.165, 1.54) is 0 Å². The maximum Gasteiger partial charge on any atom is 0.241 e. The van der Waals surface area contributed by atoms with Crippen LogP contribution in [0, 0.1) is 0 Å². The highest BCUT2D eigenvalue weighted by Crippen LogP contribution is 2.09. The lowest BCUT2D eigenvalue weighted by Gasteiger charge is -2.17. The van der Waals surface area contributed by atoms with Crippen LogP contribution in [0.15, 0.2) is 18.7 Å². The van der Waals surface area contributed by atoms with Crippen molar-refractivity contribution in [2.75, 3.05) is 0 Å². The van der Waals surface area contributed by atoms with Crippen LogP contribution in [0.1, 0.15) is 27.2 Å². The predicted molar refractivity (Wildman–Crippen MR) is 40.6 cm³/mol. The fraction of sp³-hybridized carbons (Fsp3) is 0.625. The molecular weight excluding hydrogens is 124 g/mol. The summed E-state index contributed by atoms with van der Waals surface area (Å²) in [6.45, 7) is 6.64. The molecule has 0 unspecified atom stereocenters. The molecule has 1 aromatic rings. The van der Waals surface area contributed by atoms with Gasteiger partial charge in [-0.05, 0) is 20.3 Å². The maximum absolute atomic E-state index is 3.03. The van der Waals surface area contributed by atoms with E-state index < -0.39 is 0 Å². The zero-order valence-electron chi connectivity index (χ0n) is 6.89. The molecule has 2 heteroatoms. The quantitative estimate of drug-likeness (QED) is 0.598. The normalized spacial score (nSPS) is 11.9. The number of aromatic amines is 1. The highest BCUT2D eigenvalue weighted by atomic mass is 15.1. The Bertz CT molecular complexity index is 187. The molecule has 1 aromatic heterocycles. The third-order valence-corrected chi connectivity index (χ3v) is 2.11. The van der Waals surface area contributed by atoms with Crippen LogP contribution in [-0.2, 0) is 5.54 Å². The van der Waals surface area contributed by atoms with Crippen LogP contribution < -0.4 is 4.57 Å². The first kappa shape index (κ1) is 7.32. The van der Waals surface area contributed by atoms with E-state index in [0.717, 1.165) is 6.42 Å². The fourth-order valence-electron chi connectivity index (χ4n) is 0.849. The summed E-state index contributed by atoms with van der Waals surface area (Å²) in [4.78, 5) is 3.03. The number of nitrogens with zero attached hydrogens (tertiary/aromatic N) is 1. The lowest BCUT2D eigenvalue weighted by Crippen LogP contribution is -2.50. The lowest BCUT2D eigenvalue weighted by molar-refractivity contribution is -0.757. The molecule has 0 radical (unpaired) electrons. The third kappa shape index (κ3) is 1.20. The van der Waals surface area contributed by atoms with Gasteiger partial charge in [0.2, 0.25) is 6.33 Å². The fourth-order valence-corrected chi connectivity index (χ4v) is 0.849. The summed E-state index contributed by atoms with van der Waals surface area (Å²) in [5, 5.41) is 0. The molecule has 1 N–H and O–H groups in total. The molecule has 1 rings (SSSR count). The molecule has 0 aliphatic carbocycles. The van der Waals surface area contributed by atoms with Gasteiger partial charge in [0.25, 0.3) is 0 Å². The predicted octanol–water partition coefficient (Wildman–Crippen LogP) is 1.45. The van der Waals surface area contributed by atoms with Gasteiger partial charge >= 0.3 is 0 Å². The Hall–Kier alpha value is -0.790. The first-order valence-corrected chi connectivity index (χ1v) is 3.71. The molecule has 10 heavy (non-hydrogen) atoms. The zero-order valence-corrected chi connectivity index (χ0v) is 6.89. The first-order valence-electron chi connectivity index (χ1n) is 3.71. The average molecular weight is 139 g/mol. The molecule has 0 spiro atoms. The minimum Gasteiger partial charge on any atom is -0.250 e. The minimum atomic E-state index is 0.250. The molecule has 0 fully saturated rings. The molecule has 0 aliphatic heterocycles. The van der Waals surface area contributed by atoms with E-state index in [-0.39, 0.29) is 5.54 Å². The molecular formula is C8H15N2+. The Morgan fingerprint density at radius 1 is 1.50 bits per heavy atom. The molecule has 56 valence electrons. The van der Waals surface area contributed by atoms with Crippen LogP contribution in [-0.4, -0.2) is 4.98 Å². The van der Waals surface area contributed by atoms with Gasteiger partial charge in [0.1, 0.15) is 17.9 Å².